The summed E-state index contributed by atoms with van der Waals surface area (Å²) in [7, 11) is 0. The largest absolute Gasteiger partial charge is 0.324 e. The third-order valence-corrected chi connectivity index (χ3v) is 10.7. The van der Waals surface area contributed by atoms with E-state index in [4.69, 9.17) is 34.8 Å². The van der Waals surface area contributed by atoms with Crippen LogP contribution in [0.3, 0.4) is 0 Å². The lowest BCUT2D eigenvalue weighted by Gasteiger charge is -2.54. The molecule has 3 atom stereocenters. The van der Waals surface area contributed by atoms with Gasteiger partial charge in [0.25, 0.3) is 0 Å². The molecule has 1 aliphatic heterocycles. The lowest BCUT2D eigenvalue weighted by atomic mass is 9.54. The molecule has 42 heavy (non-hydrogen) atoms. The van der Waals surface area contributed by atoms with Gasteiger partial charge in [0.2, 0.25) is 17.7 Å². The molecule has 1 heterocycles. The predicted molar refractivity (Wildman–Crippen MR) is 164 cm³/mol. The minimum Gasteiger partial charge on any atom is -0.324 e. The first-order valence-corrected chi connectivity index (χ1v) is 14.9. The lowest BCUT2D eigenvalue weighted by Crippen LogP contribution is -2.57. The molecule has 3 amide bonds. The summed E-state index contributed by atoms with van der Waals surface area (Å²) in [4.78, 5) is 41.7. The zero-order valence-electron chi connectivity index (χ0n) is 22.5. The molecule has 0 aromatic heterocycles. The molecule has 5 nitrogen and oxygen atoms in total. The van der Waals surface area contributed by atoms with Crippen LogP contribution in [-0.4, -0.2) is 28.7 Å². The number of carbonyl (C=O) groups excluding carboxylic acids is 3. The Kier molecular flexibility index (Phi) is 6.28. The van der Waals surface area contributed by atoms with Crippen LogP contribution in [-0.2, 0) is 30.6 Å². The molecule has 8 heteroatoms. The molecule has 8 rings (SSSR count). The first-order chi connectivity index (χ1) is 20.2. The van der Waals surface area contributed by atoms with Crippen LogP contribution in [0.2, 0.25) is 5.02 Å². The van der Waals surface area contributed by atoms with Crippen molar-refractivity contribution in [3.8, 4) is 0 Å². The number of rotatable bonds is 5. The minimum atomic E-state index is -1.33. The molecular weight excluding hydrogens is 591 g/mol. The summed E-state index contributed by atoms with van der Waals surface area (Å²) in [6, 6.07) is 28.3. The van der Waals surface area contributed by atoms with Gasteiger partial charge in [-0.1, -0.05) is 96.5 Å². The van der Waals surface area contributed by atoms with Crippen molar-refractivity contribution in [3.05, 3.63) is 135 Å². The number of carbonyl (C=O) groups is 3. The molecule has 1 saturated heterocycles. The fraction of sp³-hybridized carbons (Fsp3) is 0.206. The Labute approximate surface area is 258 Å². The molecule has 1 fully saturated rings. The van der Waals surface area contributed by atoms with Gasteiger partial charge in [-0.25, -0.2) is 0 Å². The number of imide groups is 1. The monoisotopic (exact) mass is 614 g/mol. The topological polar surface area (TPSA) is 66.5 Å². The summed E-state index contributed by atoms with van der Waals surface area (Å²) in [5.41, 5.74) is 4.83. The highest BCUT2D eigenvalue weighted by Gasteiger charge is 2.73. The van der Waals surface area contributed by atoms with E-state index in [9.17, 15) is 14.4 Å². The lowest BCUT2D eigenvalue weighted by molar-refractivity contribution is -0.146. The van der Waals surface area contributed by atoms with Gasteiger partial charge in [-0.3, -0.25) is 19.3 Å². The first kappa shape index (κ1) is 27.2. The zero-order valence-corrected chi connectivity index (χ0v) is 24.8. The van der Waals surface area contributed by atoms with E-state index in [0.29, 0.717) is 38.5 Å². The number of nitrogens with one attached hydrogen (secondary N) is 1. The van der Waals surface area contributed by atoms with E-state index in [1.807, 2.05) is 78.9 Å². The molecule has 4 aromatic rings. The number of anilines is 1. The van der Waals surface area contributed by atoms with E-state index in [0.717, 1.165) is 10.5 Å². The second kappa shape index (κ2) is 9.70. The smallest absolute Gasteiger partial charge is 0.248 e. The number of alkyl halides is 2. The molecule has 0 saturated carbocycles. The van der Waals surface area contributed by atoms with E-state index < -0.39 is 45.3 Å². The number of nitrogens with zero attached hydrogens (tertiary/aromatic N) is 1. The molecule has 4 aliphatic rings. The third-order valence-electron chi connectivity index (χ3n) is 9.03. The molecule has 0 radical (unpaired) electrons. The highest BCUT2D eigenvalue weighted by molar-refractivity contribution is 6.36. The van der Waals surface area contributed by atoms with Gasteiger partial charge in [-0.05, 0) is 52.4 Å². The first-order valence-electron chi connectivity index (χ1n) is 13.7. The van der Waals surface area contributed by atoms with Gasteiger partial charge in [0, 0.05) is 17.1 Å². The number of halogens is 3. The highest BCUT2D eigenvalue weighted by Crippen LogP contribution is 2.69. The summed E-state index contributed by atoms with van der Waals surface area (Å²) in [6.45, 7) is 1.80. The minimum absolute atomic E-state index is 0.119. The highest BCUT2D eigenvalue weighted by atomic mass is 35.5. The van der Waals surface area contributed by atoms with Crippen LogP contribution >= 0.6 is 34.8 Å². The summed E-state index contributed by atoms with van der Waals surface area (Å²) in [5.74, 6) is -3.50. The van der Waals surface area contributed by atoms with E-state index in [2.05, 4.69) is 5.32 Å². The van der Waals surface area contributed by atoms with Crippen LogP contribution in [0.4, 0.5) is 5.69 Å². The molecule has 3 aliphatic carbocycles. The average molecular weight is 616 g/mol. The molecule has 210 valence electrons. The van der Waals surface area contributed by atoms with Crippen molar-refractivity contribution in [2.45, 2.75) is 29.1 Å². The molecule has 1 N–H and O–H groups in total. The molecule has 2 bridgehead atoms. The normalized spacial score (nSPS) is 26.0. The Morgan fingerprint density at radius 1 is 0.762 bits per heavy atom. The molecular formula is C34H25Cl3N2O3. The fourth-order valence-corrected chi connectivity index (χ4v) is 8.37. The van der Waals surface area contributed by atoms with Crippen LogP contribution in [0.15, 0.2) is 97.1 Å². The van der Waals surface area contributed by atoms with Gasteiger partial charge in [0.05, 0.1) is 11.8 Å². The van der Waals surface area contributed by atoms with Gasteiger partial charge >= 0.3 is 0 Å². The Bertz CT molecular complexity index is 1670. The van der Waals surface area contributed by atoms with Gasteiger partial charge in [-0.2, -0.15) is 0 Å². The van der Waals surface area contributed by atoms with Crippen LogP contribution in [0.1, 0.15) is 33.4 Å². The maximum atomic E-state index is 14.6. The number of hydrogen-bond donors (Lipinski definition) is 1. The fourth-order valence-electron chi connectivity index (χ4n) is 7.09. The van der Waals surface area contributed by atoms with Gasteiger partial charge in [0.15, 0.2) is 0 Å². The van der Waals surface area contributed by atoms with Crippen molar-refractivity contribution in [1.29, 1.82) is 0 Å². The van der Waals surface area contributed by atoms with Crippen LogP contribution < -0.4 is 5.32 Å². The summed E-state index contributed by atoms with van der Waals surface area (Å²) in [6.07, 6.45) is 0.119. The SMILES string of the molecule is Cc1c(Cl)cccc1NC(=O)[C@H](Cc1ccccc1)N1C(=O)[C@@H]2[C@H](C1=O)C1(Cl)c3ccccc3C2(Cl)c2ccccc21. The molecule has 4 aromatic carbocycles. The summed E-state index contributed by atoms with van der Waals surface area (Å²) < 4.78 is 0. The second-order valence-corrected chi connectivity index (χ2v) is 12.7. The number of benzene rings is 4. The van der Waals surface area contributed by atoms with Gasteiger partial charge in [0.1, 0.15) is 15.8 Å². The van der Waals surface area contributed by atoms with E-state index in [1.165, 1.54) is 0 Å². The maximum absolute atomic E-state index is 14.6. The Hall–Kier alpha value is -3.64. The van der Waals surface area contributed by atoms with Crippen molar-refractivity contribution in [3.63, 3.8) is 0 Å². The van der Waals surface area contributed by atoms with E-state index >= 15 is 0 Å². The Balaban J connectivity index is 1.37. The van der Waals surface area contributed by atoms with Crippen molar-refractivity contribution < 1.29 is 14.4 Å². The Morgan fingerprint density at radius 2 is 1.24 bits per heavy atom. The number of amides is 3. The second-order valence-electron chi connectivity index (χ2n) is 11.1. The van der Waals surface area contributed by atoms with Crippen molar-refractivity contribution in [2.75, 3.05) is 5.32 Å². The van der Waals surface area contributed by atoms with Crippen molar-refractivity contribution in [1.82, 2.24) is 4.90 Å². The number of hydrogen-bond acceptors (Lipinski definition) is 3. The van der Waals surface area contributed by atoms with Crippen LogP contribution in [0, 0.1) is 18.8 Å². The van der Waals surface area contributed by atoms with E-state index in [1.54, 1.807) is 25.1 Å². The van der Waals surface area contributed by atoms with E-state index in [-0.39, 0.29) is 6.42 Å². The maximum Gasteiger partial charge on any atom is 0.248 e. The Morgan fingerprint density at radius 3 is 1.74 bits per heavy atom. The summed E-state index contributed by atoms with van der Waals surface area (Å²) in [5, 5.41) is 3.42. The van der Waals surface area contributed by atoms with Gasteiger partial charge in [-0.15, -0.1) is 23.2 Å². The van der Waals surface area contributed by atoms with Crippen molar-refractivity contribution >= 4 is 58.2 Å². The standard InChI is InChI=1S/C34H25Cl3N2O3/c1-19-25(35)16-9-17-26(19)38-30(40)27(18-20-10-3-2-4-11-20)39-31(41)28-29(32(39)42)34(37)22-13-6-5-12-21(22)33(28,36)23-14-7-8-15-24(23)34/h2-17,27-29H,18H2,1H3,(H,38,40)/t27-,28-,29+,33?,34?/m0/s1. The zero-order chi connectivity index (χ0) is 29.4. The number of likely N-dealkylation sites (tertiary alicyclic amines) is 1. The third kappa shape index (κ3) is 3.60. The summed E-state index contributed by atoms with van der Waals surface area (Å²) >= 11 is 21.5. The van der Waals surface area contributed by atoms with Crippen LogP contribution in [0.25, 0.3) is 0 Å². The van der Waals surface area contributed by atoms with Crippen LogP contribution in [0.5, 0.6) is 0 Å². The van der Waals surface area contributed by atoms with Gasteiger partial charge < -0.3 is 5.32 Å². The quantitative estimate of drug-likeness (QED) is 0.199. The molecule has 0 unspecified atom stereocenters. The molecule has 0 spiro atoms. The average Bonchev–Trinajstić information content (AvgIpc) is 3.28. The predicted octanol–water partition coefficient (Wildman–Crippen LogP) is 6.79. The van der Waals surface area contributed by atoms with Crippen molar-refractivity contribution in [2.24, 2.45) is 11.8 Å².